The second-order valence-electron chi connectivity index (χ2n) is 8.20. The summed E-state index contributed by atoms with van der Waals surface area (Å²) in [5.74, 6) is 0.217. The highest BCUT2D eigenvalue weighted by Crippen LogP contribution is 2.39. The smallest absolute Gasteiger partial charge is 0.239 e. The fraction of sp³-hybridized carbons (Fsp3) is 0.435. The standard InChI is InChI=1S/C23H28N4O2S/c1-14-8-9-17-18(11-24)23(30-19(17)10-14)26-21(29)13-27(4)12-20(28)25-22-15(2)6-5-7-16(22)3/h5-7,14H,8-10,12-13H2,1-4H3,(H,25,28)(H,26,29)/t14-/m1/s1. The van der Waals surface area contributed by atoms with Crippen molar-refractivity contribution in [2.24, 2.45) is 5.92 Å². The molecule has 0 fully saturated rings. The molecule has 0 unspecified atom stereocenters. The van der Waals surface area contributed by atoms with Gasteiger partial charge < -0.3 is 10.6 Å². The summed E-state index contributed by atoms with van der Waals surface area (Å²) < 4.78 is 0. The number of benzene rings is 1. The molecule has 0 radical (unpaired) electrons. The van der Waals surface area contributed by atoms with Gasteiger partial charge in [0.2, 0.25) is 11.8 Å². The van der Waals surface area contributed by atoms with Crippen LogP contribution in [0.15, 0.2) is 18.2 Å². The molecule has 6 nitrogen and oxygen atoms in total. The van der Waals surface area contributed by atoms with E-state index in [1.165, 1.54) is 16.2 Å². The number of nitrogens with zero attached hydrogens (tertiary/aromatic N) is 2. The van der Waals surface area contributed by atoms with Crippen LogP contribution in [0.4, 0.5) is 10.7 Å². The Morgan fingerprint density at radius 3 is 2.47 bits per heavy atom. The third-order valence-corrected chi connectivity index (χ3v) is 6.62. The highest BCUT2D eigenvalue weighted by molar-refractivity contribution is 7.16. The fourth-order valence-electron chi connectivity index (χ4n) is 3.86. The van der Waals surface area contributed by atoms with E-state index in [2.05, 4.69) is 23.6 Å². The summed E-state index contributed by atoms with van der Waals surface area (Å²) in [5.41, 5.74) is 4.52. The molecular weight excluding hydrogens is 396 g/mol. The lowest BCUT2D eigenvalue weighted by atomic mass is 9.89. The van der Waals surface area contributed by atoms with Gasteiger partial charge in [0.05, 0.1) is 18.7 Å². The number of rotatable bonds is 6. The van der Waals surface area contributed by atoms with Gasteiger partial charge in [0.15, 0.2) is 0 Å². The highest BCUT2D eigenvalue weighted by atomic mass is 32.1. The topological polar surface area (TPSA) is 85.2 Å². The zero-order valence-electron chi connectivity index (χ0n) is 18.0. The van der Waals surface area contributed by atoms with Gasteiger partial charge in [-0.3, -0.25) is 14.5 Å². The number of para-hydroxylation sites is 1. The number of carbonyl (C=O) groups is 2. The molecule has 0 bridgehead atoms. The Bertz CT molecular complexity index is 985. The number of carbonyl (C=O) groups excluding carboxylic acids is 2. The molecule has 30 heavy (non-hydrogen) atoms. The zero-order valence-corrected chi connectivity index (χ0v) is 18.8. The van der Waals surface area contributed by atoms with Crippen molar-refractivity contribution in [2.75, 3.05) is 30.8 Å². The van der Waals surface area contributed by atoms with E-state index < -0.39 is 0 Å². The van der Waals surface area contributed by atoms with Crippen LogP contribution in [0.5, 0.6) is 0 Å². The first-order chi connectivity index (χ1) is 14.3. The van der Waals surface area contributed by atoms with Crippen LogP contribution in [0.3, 0.4) is 0 Å². The van der Waals surface area contributed by atoms with Crippen LogP contribution in [-0.2, 0) is 22.4 Å². The molecule has 2 N–H and O–H groups in total. The normalized spacial score (nSPS) is 15.4. The monoisotopic (exact) mass is 424 g/mol. The van der Waals surface area contributed by atoms with Gasteiger partial charge in [-0.1, -0.05) is 25.1 Å². The van der Waals surface area contributed by atoms with Gasteiger partial charge in [0, 0.05) is 10.6 Å². The van der Waals surface area contributed by atoms with Crippen molar-refractivity contribution in [3.63, 3.8) is 0 Å². The van der Waals surface area contributed by atoms with E-state index in [1.807, 2.05) is 32.0 Å². The summed E-state index contributed by atoms with van der Waals surface area (Å²) in [4.78, 5) is 27.8. The molecule has 0 saturated heterocycles. The van der Waals surface area contributed by atoms with E-state index in [0.29, 0.717) is 16.5 Å². The number of nitrogens with one attached hydrogen (secondary N) is 2. The molecule has 0 spiro atoms. The van der Waals surface area contributed by atoms with Gasteiger partial charge in [-0.2, -0.15) is 5.26 Å². The van der Waals surface area contributed by atoms with Gasteiger partial charge in [-0.15, -0.1) is 11.3 Å². The first kappa shape index (κ1) is 22.0. The molecular formula is C23H28N4O2S. The van der Waals surface area contributed by atoms with Crippen LogP contribution in [-0.4, -0.2) is 36.9 Å². The summed E-state index contributed by atoms with van der Waals surface area (Å²) in [5, 5.41) is 16.0. The summed E-state index contributed by atoms with van der Waals surface area (Å²) in [6.07, 6.45) is 2.93. The van der Waals surface area contributed by atoms with E-state index in [0.717, 1.165) is 41.6 Å². The summed E-state index contributed by atoms with van der Waals surface area (Å²) in [6.45, 7) is 6.29. The largest absolute Gasteiger partial charge is 0.324 e. The first-order valence-corrected chi connectivity index (χ1v) is 11.0. The van der Waals surface area contributed by atoms with Crippen molar-refractivity contribution in [1.29, 1.82) is 5.26 Å². The maximum absolute atomic E-state index is 12.5. The first-order valence-electron chi connectivity index (χ1n) is 10.2. The van der Waals surface area contributed by atoms with Crippen LogP contribution in [0.1, 0.15) is 40.5 Å². The minimum Gasteiger partial charge on any atom is -0.324 e. The predicted octanol–water partition coefficient (Wildman–Crippen LogP) is 3.87. The average Bonchev–Trinajstić information content (AvgIpc) is 3.00. The molecule has 0 aliphatic heterocycles. The second kappa shape index (κ2) is 9.41. The number of fused-ring (bicyclic) bond motifs is 1. The SMILES string of the molecule is Cc1cccc(C)c1NC(=O)CN(C)CC(=O)Nc1sc2c(c1C#N)CC[C@@H](C)C2. The van der Waals surface area contributed by atoms with E-state index in [4.69, 9.17) is 0 Å². The number of likely N-dealkylation sites (N-methyl/N-ethyl adjacent to an activating group) is 1. The van der Waals surface area contributed by atoms with Crippen LogP contribution >= 0.6 is 11.3 Å². The Balaban J connectivity index is 1.58. The minimum absolute atomic E-state index is 0.0734. The molecule has 3 rings (SSSR count). The van der Waals surface area contributed by atoms with Gasteiger partial charge in [0.1, 0.15) is 11.1 Å². The summed E-state index contributed by atoms with van der Waals surface area (Å²) in [6, 6.07) is 8.12. The molecule has 0 saturated carbocycles. The van der Waals surface area contributed by atoms with Gasteiger partial charge in [-0.25, -0.2) is 0 Å². The van der Waals surface area contributed by atoms with Gasteiger partial charge in [0.25, 0.3) is 0 Å². The lowest BCUT2D eigenvalue weighted by Gasteiger charge is -2.17. The molecule has 158 valence electrons. The van der Waals surface area contributed by atoms with Crippen LogP contribution in [0, 0.1) is 31.1 Å². The van der Waals surface area contributed by atoms with E-state index in [1.54, 1.807) is 11.9 Å². The quantitative estimate of drug-likeness (QED) is 0.737. The molecule has 1 aliphatic carbocycles. The maximum Gasteiger partial charge on any atom is 0.239 e. The Morgan fingerprint density at radius 2 is 1.83 bits per heavy atom. The van der Waals surface area contributed by atoms with E-state index >= 15 is 0 Å². The molecule has 1 aliphatic rings. The van der Waals surface area contributed by atoms with E-state index in [-0.39, 0.29) is 24.9 Å². The Labute approximate surface area is 181 Å². The number of nitriles is 1. The number of hydrogen-bond donors (Lipinski definition) is 2. The third-order valence-electron chi connectivity index (χ3n) is 5.45. The second-order valence-corrected chi connectivity index (χ2v) is 9.31. The number of amides is 2. The van der Waals surface area contributed by atoms with Crippen LogP contribution in [0.25, 0.3) is 0 Å². The lowest BCUT2D eigenvalue weighted by molar-refractivity contribution is -0.119. The zero-order chi connectivity index (χ0) is 21.8. The molecule has 2 amide bonds. The average molecular weight is 425 g/mol. The Hall–Kier alpha value is -2.69. The third kappa shape index (κ3) is 5.07. The number of anilines is 2. The van der Waals surface area contributed by atoms with Crippen molar-refractivity contribution >= 4 is 33.8 Å². The molecule has 1 atom stereocenters. The highest BCUT2D eigenvalue weighted by Gasteiger charge is 2.25. The number of thiophene rings is 1. The van der Waals surface area contributed by atoms with Gasteiger partial charge in [-0.05, 0) is 62.8 Å². The predicted molar refractivity (Wildman–Crippen MR) is 121 cm³/mol. The van der Waals surface area contributed by atoms with Crippen molar-refractivity contribution < 1.29 is 9.59 Å². The Kier molecular flexibility index (Phi) is 6.91. The number of hydrogen-bond acceptors (Lipinski definition) is 5. The van der Waals surface area contributed by atoms with Crippen molar-refractivity contribution in [3.8, 4) is 6.07 Å². The lowest BCUT2D eigenvalue weighted by Crippen LogP contribution is -2.36. The summed E-state index contributed by atoms with van der Waals surface area (Å²) >= 11 is 1.51. The minimum atomic E-state index is -0.222. The van der Waals surface area contributed by atoms with Crippen LogP contribution < -0.4 is 10.6 Å². The molecule has 1 aromatic carbocycles. The fourth-order valence-corrected chi connectivity index (χ4v) is 5.24. The Morgan fingerprint density at radius 1 is 1.20 bits per heavy atom. The van der Waals surface area contributed by atoms with E-state index in [9.17, 15) is 14.9 Å². The van der Waals surface area contributed by atoms with Crippen LogP contribution in [0.2, 0.25) is 0 Å². The van der Waals surface area contributed by atoms with Crippen molar-refractivity contribution in [3.05, 3.63) is 45.3 Å². The molecule has 1 aromatic heterocycles. The number of aryl methyl sites for hydroxylation is 2. The van der Waals surface area contributed by atoms with Crippen molar-refractivity contribution in [2.45, 2.75) is 40.0 Å². The molecule has 7 heteroatoms. The van der Waals surface area contributed by atoms with Gasteiger partial charge >= 0.3 is 0 Å². The van der Waals surface area contributed by atoms with Crippen molar-refractivity contribution in [1.82, 2.24) is 4.90 Å². The summed E-state index contributed by atoms with van der Waals surface area (Å²) in [7, 11) is 1.73. The molecule has 1 heterocycles. The maximum atomic E-state index is 12.5. The molecule has 2 aromatic rings.